The second-order valence-electron chi connectivity index (χ2n) is 7.39. The quantitative estimate of drug-likeness (QED) is 0.271. The molecule has 1 N–H and O–H groups in total. The van der Waals surface area contributed by atoms with Crippen LogP contribution in [-0.4, -0.2) is 30.5 Å². The molecule has 1 unspecified atom stereocenters. The number of methoxy groups -OCH3 is 1. The molecule has 0 spiro atoms. The van der Waals surface area contributed by atoms with Crippen molar-refractivity contribution in [3.8, 4) is 11.5 Å². The minimum atomic E-state index is -0.933. The predicted molar refractivity (Wildman–Crippen MR) is 127 cm³/mol. The first-order chi connectivity index (χ1) is 15.8. The standard InChI is InChI=1S/C25H22BrNO6/c1-4-32-17-9-7-16(8-10-17)27-22(20-11-5-14(2)33-20)21(24(29)25(27)30)23(28)15-6-12-19(31-3)18(26)13-15/h5-13,22,28H,4H2,1-3H3/b23-21-. The second-order valence-corrected chi connectivity index (χ2v) is 8.25. The van der Waals surface area contributed by atoms with Crippen LogP contribution in [0.5, 0.6) is 11.5 Å². The molecule has 1 atom stereocenters. The van der Waals surface area contributed by atoms with Gasteiger partial charge in [0.2, 0.25) is 0 Å². The van der Waals surface area contributed by atoms with Gasteiger partial charge in [0.25, 0.3) is 11.7 Å². The summed E-state index contributed by atoms with van der Waals surface area (Å²) in [7, 11) is 1.53. The third-order valence-electron chi connectivity index (χ3n) is 5.33. The van der Waals surface area contributed by atoms with Crippen molar-refractivity contribution in [1.82, 2.24) is 0 Å². The lowest BCUT2D eigenvalue weighted by Gasteiger charge is -2.23. The molecule has 3 aromatic rings. The molecule has 1 fully saturated rings. The van der Waals surface area contributed by atoms with Crippen molar-refractivity contribution in [2.75, 3.05) is 18.6 Å². The van der Waals surface area contributed by atoms with E-state index < -0.39 is 17.7 Å². The third-order valence-corrected chi connectivity index (χ3v) is 5.95. The first kappa shape index (κ1) is 22.7. The Morgan fingerprint density at radius 2 is 1.85 bits per heavy atom. The summed E-state index contributed by atoms with van der Waals surface area (Å²) in [5.41, 5.74) is 0.788. The Morgan fingerprint density at radius 1 is 1.12 bits per heavy atom. The summed E-state index contributed by atoms with van der Waals surface area (Å²) in [6, 6.07) is 14.3. The number of Topliss-reactive ketones (excluding diaryl/α,β-unsaturated/α-hetero) is 1. The van der Waals surface area contributed by atoms with E-state index in [2.05, 4.69) is 15.9 Å². The van der Waals surface area contributed by atoms with Crippen LogP contribution in [0.4, 0.5) is 5.69 Å². The van der Waals surface area contributed by atoms with Gasteiger partial charge in [0, 0.05) is 11.3 Å². The van der Waals surface area contributed by atoms with Crippen LogP contribution >= 0.6 is 15.9 Å². The van der Waals surface area contributed by atoms with Crippen molar-refractivity contribution in [2.24, 2.45) is 0 Å². The molecule has 1 amide bonds. The maximum Gasteiger partial charge on any atom is 0.300 e. The molecular formula is C25H22BrNO6. The molecule has 2 heterocycles. The number of halogens is 1. The lowest BCUT2D eigenvalue weighted by atomic mass is 9.99. The zero-order valence-electron chi connectivity index (χ0n) is 18.3. The molecule has 1 saturated heterocycles. The molecule has 1 aliphatic heterocycles. The highest BCUT2D eigenvalue weighted by Crippen LogP contribution is 2.43. The Bertz CT molecular complexity index is 1240. The van der Waals surface area contributed by atoms with E-state index in [4.69, 9.17) is 13.9 Å². The van der Waals surface area contributed by atoms with E-state index in [1.54, 1.807) is 61.5 Å². The van der Waals surface area contributed by atoms with Crippen molar-refractivity contribution in [1.29, 1.82) is 0 Å². The van der Waals surface area contributed by atoms with Crippen LogP contribution in [0.15, 0.2) is 69.1 Å². The molecule has 170 valence electrons. The summed E-state index contributed by atoms with van der Waals surface area (Å²) in [6.45, 7) is 4.16. The van der Waals surface area contributed by atoms with Gasteiger partial charge in [-0.2, -0.15) is 0 Å². The van der Waals surface area contributed by atoms with Gasteiger partial charge in [-0.25, -0.2) is 0 Å². The van der Waals surface area contributed by atoms with Gasteiger partial charge in [-0.05, 0) is 84.4 Å². The number of carbonyl (C=O) groups is 2. The van der Waals surface area contributed by atoms with Crippen LogP contribution < -0.4 is 14.4 Å². The molecule has 8 heteroatoms. The van der Waals surface area contributed by atoms with E-state index in [9.17, 15) is 14.7 Å². The van der Waals surface area contributed by atoms with Gasteiger partial charge in [0.15, 0.2) is 0 Å². The molecule has 0 saturated carbocycles. The molecule has 4 rings (SSSR count). The lowest BCUT2D eigenvalue weighted by Crippen LogP contribution is -2.29. The number of hydrogen-bond donors (Lipinski definition) is 1. The van der Waals surface area contributed by atoms with Crippen LogP contribution in [0, 0.1) is 6.92 Å². The molecule has 1 aromatic heterocycles. The molecule has 2 aromatic carbocycles. The average Bonchev–Trinajstić information content (AvgIpc) is 3.35. The van der Waals surface area contributed by atoms with Crippen molar-refractivity contribution >= 4 is 39.1 Å². The highest BCUT2D eigenvalue weighted by molar-refractivity contribution is 9.10. The summed E-state index contributed by atoms with van der Waals surface area (Å²) in [6.07, 6.45) is 0. The van der Waals surface area contributed by atoms with Gasteiger partial charge in [-0.1, -0.05) is 0 Å². The molecule has 0 aliphatic carbocycles. The monoisotopic (exact) mass is 511 g/mol. The number of furan rings is 1. The Hall–Kier alpha value is -3.52. The average molecular weight is 512 g/mol. The van der Waals surface area contributed by atoms with E-state index in [1.165, 1.54) is 12.0 Å². The number of rotatable bonds is 6. The molecule has 1 aliphatic rings. The first-order valence-corrected chi connectivity index (χ1v) is 11.1. The van der Waals surface area contributed by atoms with Crippen molar-refractivity contribution in [3.63, 3.8) is 0 Å². The summed E-state index contributed by atoms with van der Waals surface area (Å²) < 4.78 is 17.1. The minimum absolute atomic E-state index is 0.0553. The Labute approximate surface area is 199 Å². The summed E-state index contributed by atoms with van der Waals surface area (Å²) in [5.74, 6) is 0.346. The summed E-state index contributed by atoms with van der Waals surface area (Å²) in [4.78, 5) is 27.6. The Kier molecular flexibility index (Phi) is 6.29. The van der Waals surface area contributed by atoms with Crippen molar-refractivity contribution in [3.05, 3.63) is 81.7 Å². The number of benzene rings is 2. The number of aryl methyl sites for hydroxylation is 1. The van der Waals surface area contributed by atoms with Crippen molar-refractivity contribution in [2.45, 2.75) is 19.9 Å². The number of ketones is 1. The van der Waals surface area contributed by atoms with E-state index in [0.29, 0.717) is 45.3 Å². The summed E-state index contributed by atoms with van der Waals surface area (Å²) in [5, 5.41) is 11.2. The molecular weight excluding hydrogens is 490 g/mol. The summed E-state index contributed by atoms with van der Waals surface area (Å²) >= 11 is 3.39. The zero-order valence-corrected chi connectivity index (χ0v) is 19.9. The number of nitrogens with zero attached hydrogens (tertiary/aromatic N) is 1. The first-order valence-electron chi connectivity index (χ1n) is 10.3. The number of aliphatic hydroxyl groups is 1. The van der Waals surface area contributed by atoms with E-state index in [-0.39, 0.29) is 11.3 Å². The SMILES string of the molecule is CCOc1ccc(N2C(=O)C(=O)/C(=C(\O)c3ccc(OC)c(Br)c3)C2c2ccc(C)o2)cc1. The Balaban J connectivity index is 1.87. The van der Waals surface area contributed by atoms with E-state index in [0.717, 1.165) is 0 Å². The molecule has 33 heavy (non-hydrogen) atoms. The fourth-order valence-electron chi connectivity index (χ4n) is 3.81. The fraction of sp³-hybridized carbons (Fsp3) is 0.200. The zero-order chi connectivity index (χ0) is 23.7. The van der Waals surface area contributed by atoms with Gasteiger partial charge in [-0.15, -0.1) is 0 Å². The second kappa shape index (κ2) is 9.15. The highest BCUT2D eigenvalue weighted by Gasteiger charge is 2.48. The number of aliphatic hydroxyl groups excluding tert-OH is 1. The van der Waals surface area contributed by atoms with Crippen LogP contribution in [0.3, 0.4) is 0 Å². The van der Waals surface area contributed by atoms with Crippen LogP contribution in [0.25, 0.3) is 5.76 Å². The number of carbonyl (C=O) groups excluding carboxylic acids is 2. The van der Waals surface area contributed by atoms with Gasteiger partial charge in [0.1, 0.15) is 34.8 Å². The fourth-order valence-corrected chi connectivity index (χ4v) is 4.35. The molecule has 0 bridgehead atoms. The minimum Gasteiger partial charge on any atom is -0.507 e. The van der Waals surface area contributed by atoms with Gasteiger partial charge >= 0.3 is 0 Å². The largest absolute Gasteiger partial charge is 0.507 e. The highest BCUT2D eigenvalue weighted by atomic mass is 79.9. The van der Waals surface area contributed by atoms with Crippen molar-refractivity contribution < 1.29 is 28.6 Å². The Morgan fingerprint density at radius 3 is 2.42 bits per heavy atom. The smallest absolute Gasteiger partial charge is 0.300 e. The van der Waals surface area contributed by atoms with E-state index in [1.807, 2.05) is 6.92 Å². The van der Waals surface area contributed by atoms with E-state index >= 15 is 0 Å². The number of anilines is 1. The topological polar surface area (TPSA) is 89.2 Å². The van der Waals surface area contributed by atoms with Crippen LogP contribution in [-0.2, 0) is 9.59 Å². The number of hydrogen-bond acceptors (Lipinski definition) is 6. The normalized spacial score (nSPS) is 17.5. The van der Waals surface area contributed by atoms with Gasteiger partial charge < -0.3 is 19.0 Å². The molecule has 0 radical (unpaired) electrons. The third kappa shape index (κ3) is 4.14. The lowest BCUT2D eigenvalue weighted by molar-refractivity contribution is -0.132. The van der Waals surface area contributed by atoms with Gasteiger partial charge in [-0.3, -0.25) is 14.5 Å². The maximum atomic E-state index is 13.2. The van der Waals surface area contributed by atoms with Gasteiger partial charge in [0.05, 0.1) is 23.8 Å². The number of ether oxygens (including phenoxy) is 2. The molecule has 7 nitrogen and oxygen atoms in total. The van der Waals surface area contributed by atoms with Crippen LogP contribution in [0.1, 0.15) is 30.0 Å². The van der Waals surface area contributed by atoms with Crippen LogP contribution in [0.2, 0.25) is 0 Å². The number of amides is 1. The predicted octanol–water partition coefficient (Wildman–Crippen LogP) is 5.38. The maximum absolute atomic E-state index is 13.2.